The Bertz CT molecular complexity index is 167. The number of carbonyl (C=O) groups is 2. The van der Waals surface area contributed by atoms with E-state index in [2.05, 4.69) is 10.1 Å². The van der Waals surface area contributed by atoms with Crippen LogP contribution in [0, 0.1) is 0 Å². The third-order valence-corrected chi connectivity index (χ3v) is 1.21. The molecule has 1 aliphatic heterocycles. The number of carboxylic acid groups (broad SMARTS) is 1. The second-order valence-electron chi connectivity index (χ2n) is 2.01. The fourth-order valence-electron chi connectivity index (χ4n) is 0.805. The first kappa shape index (κ1) is 6.85. The normalized spacial score (nSPS) is 24.0. The smallest absolute Gasteiger partial charge is 0.450 e. The van der Waals surface area contributed by atoms with Gasteiger partial charge in [-0.1, -0.05) is 0 Å². The molecule has 2 N–H and O–H groups in total. The van der Waals surface area contributed by atoms with E-state index in [1.807, 2.05) is 0 Å². The van der Waals surface area contributed by atoms with Gasteiger partial charge in [0, 0.05) is 0 Å². The fraction of sp³-hybridized carbons (Fsp3) is 0.600. The van der Waals surface area contributed by atoms with Gasteiger partial charge >= 0.3 is 6.16 Å². The first-order chi connectivity index (χ1) is 4.68. The molecule has 1 heterocycles. The zero-order chi connectivity index (χ0) is 7.56. The number of amides is 1. The number of rotatable bonds is 1. The maximum absolute atomic E-state index is 10.5. The van der Waals surface area contributed by atoms with E-state index in [9.17, 15) is 9.59 Å². The number of ether oxygens (including phenoxy) is 1. The van der Waals surface area contributed by atoms with E-state index in [4.69, 9.17) is 5.11 Å². The van der Waals surface area contributed by atoms with Crippen molar-refractivity contribution in [2.24, 2.45) is 0 Å². The number of hydrogen-bond acceptors (Lipinski definition) is 3. The zero-order valence-corrected chi connectivity index (χ0v) is 5.16. The second-order valence-corrected chi connectivity index (χ2v) is 2.01. The van der Waals surface area contributed by atoms with Crippen LogP contribution in [-0.4, -0.2) is 29.8 Å². The van der Waals surface area contributed by atoms with E-state index in [1.165, 1.54) is 0 Å². The Kier molecular flexibility index (Phi) is 1.75. The molecule has 1 fully saturated rings. The third kappa shape index (κ3) is 1.61. The molecule has 0 bridgehead atoms. The van der Waals surface area contributed by atoms with Crippen molar-refractivity contribution in [3.8, 4) is 0 Å². The summed E-state index contributed by atoms with van der Waals surface area (Å²) in [6, 6.07) is 0. The number of hydrogen-bond donors (Lipinski definition) is 2. The molecule has 0 aromatic carbocycles. The van der Waals surface area contributed by atoms with Crippen LogP contribution in [0.4, 0.5) is 4.79 Å². The molecule has 0 radical (unpaired) electrons. The SMILES string of the molecule is O=C1C[C@H](OC(=O)O)CN1. The molecule has 1 aliphatic rings. The van der Waals surface area contributed by atoms with Crippen molar-refractivity contribution in [1.29, 1.82) is 0 Å². The summed E-state index contributed by atoms with van der Waals surface area (Å²) in [5.74, 6) is -0.161. The van der Waals surface area contributed by atoms with Gasteiger partial charge < -0.3 is 15.2 Å². The summed E-state index contributed by atoms with van der Waals surface area (Å²) >= 11 is 0. The highest BCUT2D eigenvalue weighted by Crippen LogP contribution is 2.03. The topological polar surface area (TPSA) is 75.6 Å². The van der Waals surface area contributed by atoms with Crippen LogP contribution in [0.2, 0.25) is 0 Å². The Morgan fingerprint density at radius 2 is 2.50 bits per heavy atom. The van der Waals surface area contributed by atoms with Crippen molar-refractivity contribution in [1.82, 2.24) is 5.32 Å². The Balaban J connectivity index is 2.31. The molecule has 0 saturated carbocycles. The van der Waals surface area contributed by atoms with Crippen LogP contribution in [0.5, 0.6) is 0 Å². The van der Waals surface area contributed by atoms with Gasteiger partial charge in [-0.15, -0.1) is 0 Å². The summed E-state index contributed by atoms with van der Waals surface area (Å²) in [5.41, 5.74) is 0. The first-order valence-corrected chi connectivity index (χ1v) is 2.85. The Morgan fingerprint density at radius 3 is 2.90 bits per heavy atom. The van der Waals surface area contributed by atoms with Crippen LogP contribution in [0.1, 0.15) is 6.42 Å². The van der Waals surface area contributed by atoms with Gasteiger partial charge in [-0.2, -0.15) is 0 Å². The lowest BCUT2D eigenvalue weighted by Crippen LogP contribution is -2.19. The van der Waals surface area contributed by atoms with Gasteiger partial charge in [0.1, 0.15) is 6.10 Å². The molecule has 1 atom stereocenters. The molecule has 10 heavy (non-hydrogen) atoms. The van der Waals surface area contributed by atoms with Crippen molar-refractivity contribution in [3.63, 3.8) is 0 Å². The highest BCUT2D eigenvalue weighted by Gasteiger charge is 2.24. The standard InChI is InChI=1S/C5H7NO4/c7-4-1-3(2-6-4)10-5(8)9/h3H,1-2H2,(H,6,7)(H,8,9)/t3-/m0/s1. The van der Waals surface area contributed by atoms with Gasteiger partial charge in [0.05, 0.1) is 13.0 Å². The van der Waals surface area contributed by atoms with Crippen molar-refractivity contribution in [2.45, 2.75) is 12.5 Å². The highest BCUT2D eigenvalue weighted by atomic mass is 16.7. The molecule has 5 heteroatoms. The van der Waals surface area contributed by atoms with Crippen LogP contribution >= 0.6 is 0 Å². The van der Waals surface area contributed by atoms with E-state index in [1.54, 1.807) is 0 Å². The number of carbonyl (C=O) groups excluding carboxylic acids is 1. The van der Waals surface area contributed by atoms with Gasteiger partial charge in [0.15, 0.2) is 0 Å². The van der Waals surface area contributed by atoms with Crippen molar-refractivity contribution >= 4 is 12.1 Å². The molecule has 0 aromatic heterocycles. The minimum Gasteiger partial charge on any atom is -0.450 e. The lowest BCUT2D eigenvalue weighted by molar-refractivity contribution is -0.119. The molecule has 1 rings (SSSR count). The van der Waals surface area contributed by atoms with Crippen LogP contribution < -0.4 is 5.32 Å². The van der Waals surface area contributed by atoms with Crippen LogP contribution in [0.3, 0.4) is 0 Å². The molecule has 56 valence electrons. The maximum Gasteiger partial charge on any atom is 0.506 e. The van der Waals surface area contributed by atoms with Crippen LogP contribution in [0.25, 0.3) is 0 Å². The van der Waals surface area contributed by atoms with Crippen molar-refractivity contribution < 1.29 is 19.4 Å². The monoisotopic (exact) mass is 145 g/mol. The fourth-order valence-corrected chi connectivity index (χ4v) is 0.805. The average molecular weight is 145 g/mol. The largest absolute Gasteiger partial charge is 0.506 e. The van der Waals surface area contributed by atoms with Crippen molar-refractivity contribution in [2.75, 3.05) is 6.54 Å². The molecule has 0 aliphatic carbocycles. The van der Waals surface area contributed by atoms with E-state index in [0.717, 1.165) is 0 Å². The summed E-state index contributed by atoms with van der Waals surface area (Å²) in [4.78, 5) is 20.4. The first-order valence-electron chi connectivity index (χ1n) is 2.85. The Hall–Kier alpha value is -1.26. The summed E-state index contributed by atoms with van der Waals surface area (Å²) in [6.45, 7) is 0.297. The Labute approximate surface area is 57.0 Å². The predicted octanol–water partition coefficient (Wildman–Crippen LogP) is -0.431. The maximum atomic E-state index is 10.5. The molecular formula is C5H7NO4. The number of nitrogens with one attached hydrogen (secondary N) is 1. The van der Waals surface area contributed by atoms with Crippen LogP contribution in [-0.2, 0) is 9.53 Å². The summed E-state index contributed by atoms with van der Waals surface area (Å²) in [7, 11) is 0. The second kappa shape index (κ2) is 2.55. The van der Waals surface area contributed by atoms with Gasteiger partial charge in [-0.05, 0) is 0 Å². The minimum absolute atomic E-state index is 0.145. The van der Waals surface area contributed by atoms with Gasteiger partial charge in [0.25, 0.3) is 0 Å². The van der Waals surface area contributed by atoms with Crippen LogP contribution in [0.15, 0.2) is 0 Å². The average Bonchev–Trinajstić information content (AvgIpc) is 2.13. The third-order valence-electron chi connectivity index (χ3n) is 1.21. The quantitative estimate of drug-likeness (QED) is 0.491. The summed E-state index contributed by atoms with van der Waals surface area (Å²) in [6.07, 6.45) is -1.68. The molecule has 0 spiro atoms. The van der Waals surface area contributed by atoms with E-state index in [0.29, 0.717) is 6.54 Å². The molecule has 5 nitrogen and oxygen atoms in total. The van der Waals surface area contributed by atoms with E-state index < -0.39 is 12.3 Å². The van der Waals surface area contributed by atoms with E-state index >= 15 is 0 Å². The van der Waals surface area contributed by atoms with Gasteiger partial charge in [0.2, 0.25) is 5.91 Å². The minimum atomic E-state index is -1.33. The molecule has 0 aromatic rings. The lowest BCUT2D eigenvalue weighted by atomic mass is 10.3. The van der Waals surface area contributed by atoms with Gasteiger partial charge in [-0.3, -0.25) is 4.79 Å². The Morgan fingerprint density at radius 1 is 1.80 bits per heavy atom. The zero-order valence-electron chi connectivity index (χ0n) is 5.16. The lowest BCUT2D eigenvalue weighted by Gasteiger charge is -2.03. The van der Waals surface area contributed by atoms with E-state index in [-0.39, 0.29) is 12.3 Å². The van der Waals surface area contributed by atoms with Crippen molar-refractivity contribution in [3.05, 3.63) is 0 Å². The molecular weight excluding hydrogens is 138 g/mol. The molecule has 0 unspecified atom stereocenters. The van der Waals surface area contributed by atoms with Gasteiger partial charge in [-0.25, -0.2) is 4.79 Å². The summed E-state index contributed by atoms with van der Waals surface area (Å²) < 4.78 is 4.31. The molecule has 1 amide bonds. The predicted molar refractivity (Wildman–Crippen MR) is 30.5 cm³/mol. The highest BCUT2D eigenvalue weighted by molar-refractivity contribution is 5.79. The molecule has 1 saturated heterocycles. The summed E-state index contributed by atoms with van der Waals surface area (Å²) in [5, 5.41) is 10.5.